The van der Waals surface area contributed by atoms with Crippen LogP contribution in [0, 0.1) is 0 Å². The number of nitrogens with zero attached hydrogens (tertiary/aromatic N) is 4. The third kappa shape index (κ3) is 4.01. The molecular weight excluding hydrogens is 461 g/mol. The third-order valence-corrected chi connectivity index (χ3v) is 6.46. The van der Waals surface area contributed by atoms with Crippen LogP contribution >= 0.6 is 34.8 Å². The average Bonchev–Trinajstić information content (AvgIpc) is 3.08. The van der Waals surface area contributed by atoms with Gasteiger partial charge in [-0.25, -0.2) is 9.97 Å². The fraction of sp³-hybridized carbons (Fsp3) is 0.238. The van der Waals surface area contributed by atoms with Gasteiger partial charge in [-0.15, -0.1) is 0 Å². The van der Waals surface area contributed by atoms with Gasteiger partial charge in [-0.2, -0.15) is 0 Å². The molecule has 4 rings (SSSR count). The maximum atomic E-state index is 13.0. The van der Waals surface area contributed by atoms with Gasteiger partial charge in [0.1, 0.15) is 5.15 Å². The van der Waals surface area contributed by atoms with Crippen LogP contribution in [-0.4, -0.2) is 37.8 Å². The van der Waals surface area contributed by atoms with Crippen LogP contribution in [0.2, 0.25) is 15.2 Å². The summed E-state index contributed by atoms with van der Waals surface area (Å²) in [5, 5.41) is 3.60. The fourth-order valence-electron chi connectivity index (χ4n) is 3.64. The van der Waals surface area contributed by atoms with Crippen molar-refractivity contribution in [1.29, 1.82) is 0 Å². The molecule has 3 aromatic rings. The van der Waals surface area contributed by atoms with Gasteiger partial charge in [0.2, 0.25) is 5.91 Å². The predicted molar refractivity (Wildman–Crippen MR) is 121 cm³/mol. The van der Waals surface area contributed by atoms with E-state index in [0.29, 0.717) is 41.3 Å². The Kier molecular flexibility index (Phi) is 5.92. The highest BCUT2D eigenvalue weighted by molar-refractivity contribution is 6.44. The monoisotopic (exact) mass is 477 g/mol. The Morgan fingerprint density at radius 3 is 2.58 bits per heavy atom. The second kappa shape index (κ2) is 8.49. The van der Waals surface area contributed by atoms with Gasteiger partial charge in [0.15, 0.2) is 5.82 Å². The lowest BCUT2D eigenvalue weighted by Crippen LogP contribution is -2.34. The SMILES string of the molecule is CC(=O)N1CCc2c(nc(C(=O)Nc3cccc(-c4ccnc(Cl)c4Cl)c3Cl)n2C)C1. The Labute approximate surface area is 193 Å². The molecule has 0 saturated carbocycles. The molecule has 0 unspecified atom stereocenters. The van der Waals surface area contributed by atoms with Crippen molar-refractivity contribution in [3.8, 4) is 11.1 Å². The Morgan fingerprint density at radius 2 is 1.84 bits per heavy atom. The molecule has 0 aliphatic carbocycles. The number of carbonyl (C=O) groups excluding carboxylic acids is 2. The average molecular weight is 479 g/mol. The second-order valence-electron chi connectivity index (χ2n) is 7.16. The number of hydrogen-bond donors (Lipinski definition) is 1. The highest BCUT2D eigenvalue weighted by Gasteiger charge is 2.26. The van der Waals surface area contributed by atoms with Crippen LogP contribution in [-0.2, 0) is 24.8 Å². The zero-order valence-electron chi connectivity index (χ0n) is 16.7. The first-order chi connectivity index (χ1) is 14.8. The van der Waals surface area contributed by atoms with Crippen LogP contribution in [0.1, 0.15) is 28.9 Å². The number of imidazole rings is 1. The van der Waals surface area contributed by atoms with Crippen molar-refractivity contribution in [2.45, 2.75) is 19.9 Å². The predicted octanol–water partition coefficient (Wildman–Crippen LogP) is 4.60. The van der Waals surface area contributed by atoms with Gasteiger partial charge >= 0.3 is 0 Å². The van der Waals surface area contributed by atoms with E-state index < -0.39 is 5.91 Å². The molecule has 1 aromatic carbocycles. The number of halogens is 3. The summed E-state index contributed by atoms with van der Waals surface area (Å²) in [5.41, 5.74) is 3.32. The Morgan fingerprint density at radius 1 is 1.10 bits per heavy atom. The first-order valence-electron chi connectivity index (χ1n) is 9.48. The van der Waals surface area contributed by atoms with E-state index in [1.54, 1.807) is 40.8 Å². The molecule has 0 radical (unpaired) electrons. The third-order valence-electron chi connectivity index (χ3n) is 5.29. The number of fused-ring (bicyclic) bond motifs is 1. The molecule has 1 N–H and O–H groups in total. The van der Waals surface area contributed by atoms with Gasteiger partial charge in [-0.1, -0.05) is 46.9 Å². The molecule has 0 spiro atoms. The van der Waals surface area contributed by atoms with Crippen molar-refractivity contribution in [2.24, 2.45) is 7.05 Å². The van der Waals surface area contributed by atoms with Crippen LogP contribution in [0.3, 0.4) is 0 Å². The summed E-state index contributed by atoms with van der Waals surface area (Å²) >= 11 is 18.9. The Balaban J connectivity index is 1.63. The van der Waals surface area contributed by atoms with Gasteiger partial charge in [0, 0.05) is 50.0 Å². The number of carbonyl (C=O) groups is 2. The van der Waals surface area contributed by atoms with Crippen molar-refractivity contribution in [2.75, 3.05) is 11.9 Å². The van der Waals surface area contributed by atoms with Crippen molar-refractivity contribution in [3.05, 3.63) is 62.9 Å². The van der Waals surface area contributed by atoms with Crippen molar-refractivity contribution in [1.82, 2.24) is 19.4 Å². The van der Waals surface area contributed by atoms with E-state index in [1.807, 2.05) is 0 Å². The number of pyridine rings is 1. The Bertz CT molecular complexity index is 1210. The molecule has 1 aliphatic heterocycles. The van der Waals surface area contributed by atoms with E-state index in [2.05, 4.69) is 15.3 Å². The number of benzene rings is 1. The number of aromatic nitrogens is 3. The van der Waals surface area contributed by atoms with Crippen LogP contribution in [0.4, 0.5) is 5.69 Å². The standard InChI is InChI=1S/C21H18Cl3N5O2/c1-11(30)29-9-7-16-15(10-29)26-20(28(16)2)21(31)27-14-5-3-4-12(17(14)22)13-6-8-25-19(24)18(13)23/h3-6,8H,7,9-10H2,1-2H3,(H,27,31). The lowest BCUT2D eigenvalue weighted by Gasteiger charge is -2.25. The van der Waals surface area contributed by atoms with Crippen molar-refractivity contribution in [3.63, 3.8) is 0 Å². The van der Waals surface area contributed by atoms with E-state index in [9.17, 15) is 9.59 Å². The quantitative estimate of drug-likeness (QED) is 0.558. The minimum Gasteiger partial charge on any atom is -0.337 e. The summed E-state index contributed by atoms with van der Waals surface area (Å²) in [4.78, 5) is 34.8. The van der Waals surface area contributed by atoms with Crippen molar-refractivity contribution >= 4 is 52.3 Å². The van der Waals surface area contributed by atoms with Gasteiger partial charge in [0.25, 0.3) is 5.91 Å². The largest absolute Gasteiger partial charge is 0.337 e. The van der Waals surface area contributed by atoms with Crippen LogP contribution in [0.25, 0.3) is 11.1 Å². The molecule has 2 amide bonds. The first-order valence-corrected chi connectivity index (χ1v) is 10.6. The number of rotatable bonds is 3. The molecule has 10 heteroatoms. The summed E-state index contributed by atoms with van der Waals surface area (Å²) in [6.45, 7) is 2.52. The minimum atomic E-state index is -0.399. The lowest BCUT2D eigenvalue weighted by atomic mass is 10.1. The van der Waals surface area contributed by atoms with E-state index in [4.69, 9.17) is 34.8 Å². The topological polar surface area (TPSA) is 80.1 Å². The molecule has 31 heavy (non-hydrogen) atoms. The second-order valence-corrected chi connectivity index (χ2v) is 8.28. The van der Waals surface area contributed by atoms with E-state index in [0.717, 1.165) is 11.4 Å². The lowest BCUT2D eigenvalue weighted by molar-refractivity contribution is -0.129. The molecule has 7 nitrogen and oxygen atoms in total. The van der Waals surface area contributed by atoms with E-state index in [1.165, 1.54) is 13.1 Å². The maximum absolute atomic E-state index is 13.0. The van der Waals surface area contributed by atoms with Gasteiger partial charge in [0.05, 0.1) is 28.0 Å². The number of amides is 2. The summed E-state index contributed by atoms with van der Waals surface area (Å²) in [6.07, 6.45) is 2.18. The molecule has 0 fully saturated rings. The molecule has 3 heterocycles. The molecule has 0 atom stereocenters. The van der Waals surface area contributed by atoms with Crippen molar-refractivity contribution < 1.29 is 9.59 Å². The van der Waals surface area contributed by atoms with E-state index >= 15 is 0 Å². The van der Waals surface area contributed by atoms with Gasteiger partial charge in [-0.05, 0) is 12.1 Å². The van der Waals surface area contributed by atoms with Crippen LogP contribution < -0.4 is 5.32 Å². The van der Waals surface area contributed by atoms with Crippen LogP contribution in [0.5, 0.6) is 0 Å². The smallest absolute Gasteiger partial charge is 0.291 e. The highest BCUT2D eigenvalue weighted by Crippen LogP contribution is 2.39. The molecular formula is C21H18Cl3N5O2. The zero-order chi connectivity index (χ0) is 22.3. The molecule has 160 valence electrons. The van der Waals surface area contributed by atoms with Gasteiger partial charge < -0.3 is 14.8 Å². The molecule has 2 aromatic heterocycles. The molecule has 0 saturated heterocycles. The Hall–Kier alpha value is -2.61. The highest BCUT2D eigenvalue weighted by atomic mass is 35.5. The normalized spacial score (nSPS) is 13.1. The zero-order valence-corrected chi connectivity index (χ0v) is 19.0. The van der Waals surface area contributed by atoms with Crippen LogP contribution in [0.15, 0.2) is 30.5 Å². The van der Waals surface area contributed by atoms with E-state index in [-0.39, 0.29) is 21.9 Å². The maximum Gasteiger partial charge on any atom is 0.291 e. The summed E-state index contributed by atoms with van der Waals surface area (Å²) < 4.78 is 1.76. The first kappa shape index (κ1) is 21.6. The number of nitrogens with one attached hydrogen (secondary N) is 1. The fourth-order valence-corrected chi connectivity index (χ4v) is 4.29. The summed E-state index contributed by atoms with van der Waals surface area (Å²) in [7, 11) is 1.79. The number of anilines is 1. The minimum absolute atomic E-state index is 0.0132. The van der Waals surface area contributed by atoms with Gasteiger partial charge in [-0.3, -0.25) is 9.59 Å². The molecule has 1 aliphatic rings. The summed E-state index contributed by atoms with van der Waals surface area (Å²) in [6, 6.07) is 6.94. The molecule has 0 bridgehead atoms. The summed E-state index contributed by atoms with van der Waals surface area (Å²) in [5.74, 6) is -0.160. The number of hydrogen-bond acceptors (Lipinski definition) is 4.